The Bertz CT molecular complexity index is 947. The van der Waals surface area contributed by atoms with Crippen LogP contribution in [0.25, 0.3) is 22.4 Å². The van der Waals surface area contributed by atoms with Gasteiger partial charge in [0.25, 0.3) is 5.91 Å². The Balaban J connectivity index is 1.49. The standard InChI is InChI=1S/C22H24N4O2/c1-15-14-26(11-2-12-28-15)21(27)19-9-5-17(6-10-19)16-3-7-18(8-4-16)20-13-24-22(23)25-20/h3-10,13,15H,2,11-12,14H2,1H3,(H3,23,24,25)/t15-/m1/s1. The van der Waals surface area contributed by atoms with Crippen molar-refractivity contribution in [3.05, 3.63) is 60.3 Å². The number of hydrogen-bond acceptors (Lipinski definition) is 4. The quantitative estimate of drug-likeness (QED) is 0.732. The normalized spacial score (nSPS) is 17.3. The average molecular weight is 376 g/mol. The van der Waals surface area contributed by atoms with Gasteiger partial charge in [-0.3, -0.25) is 4.79 Å². The predicted octanol–water partition coefficient (Wildman–Crippen LogP) is 3.58. The van der Waals surface area contributed by atoms with Crippen molar-refractivity contribution in [2.75, 3.05) is 25.4 Å². The van der Waals surface area contributed by atoms with Crippen LogP contribution in [0.4, 0.5) is 5.95 Å². The molecule has 1 amide bonds. The van der Waals surface area contributed by atoms with E-state index in [4.69, 9.17) is 10.5 Å². The highest BCUT2D eigenvalue weighted by Gasteiger charge is 2.21. The molecule has 2 aromatic carbocycles. The lowest BCUT2D eigenvalue weighted by molar-refractivity contribution is 0.0563. The summed E-state index contributed by atoms with van der Waals surface area (Å²) in [6.45, 7) is 4.10. The Morgan fingerprint density at radius 1 is 1.11 bits per heavy atom. The van der Waals surface area contributed by atoms with E-state index in [0.717, 1.165) is 35.3 Å². The Morgan fingerprint density at radius 2 is 1.75 bits per heavy atom. The van der Waals surface area contributed by atoms with Crippen LogP contribution in [0.3, 0.4) is 0 Å². The second-order valence-corrected chi connectivity index (χ2v) is 7.12. The molecule has 1 atom stereocenters. The van der Waals surface area contributed by atoms with Crippen molar-refractivity contribution >= 4 is 11.9 Å². The number of amides is 1. The Kier molecular flexibility index (Phi) is 5.12. The summed E-state index contributed by atoms with van der Waals surface area (Å²) < 4.78 is 5.63. The number of nitrogens with two attached hydrogens (primary N) is 1. The maximum Gasteiger partial charge on any atom is 0.253 e. The highest BCUT2D eigenvalue weighted by atomic mass is 16.5. The van der Waals surface area contributed by atoms with Crippen LogP contribution in [-0.2, 0) is 4.74 Å². The first-order valence-electron chi connectivity index (χ1n) is 9.52. The minimum Gasteiger partial charge on any atom is -0.377 e. The number of hydrogen-bond donors (Lipinski definition) is 2. The second-order valence-electron chi connectivity index (χ2n) is 7.12. The first-order chi connectivity index (χ1) is 13.6. The highest BCUT2D eigenvalue weighted by molar-refractivity contribution is 5.94. The Hall–Kier alpha value is -3.12. The number of carbonyl (C=O) groups is 1. The number of nitrogens with zero attached hydrogens (tertiary/aromatic N) is 2. The topological polar surface area (TPSA) is 84.2 Å². The molecule has 6 heteroatoms. The van der Waals surface area contributed by atoms with Gasteiger partial charge in [0.15, 0.2) is 5.95 Å². The third-order valence-electron chi connectivity index (χ3n) is 5.00. The summed E-state index contributed by atoms with van der Waals surface area (Å²) in [6.07, 6.45) is 2.68. The molecule has 1 aliphatic rings. The predicted molar refractivity (Wildman–Crippen MR) is 110 cm³/mol. The van der Waals surface area contributed by atoms with E-state index in [1.54, 1.807) is 6.20 Å². The maximum atomic E-state index is 12.8. The number of rotatable bonds is 3. The van der Waals surface area contributed by atoms with Gasteiger partial charge in [-0.25, -0.2) is 4.98 Å². The first-order valence-corrected chi connectivity index (χ1v) is 9.52. The van der Waals surface area contributed by atoms with Crippen LogP contribution in [0, 0.1) is 0 Å². The van der Waals surface area contributed by atoms with Gasteiger partial charge >= 0.3 is 0 Å². The molecule has 6 nitrogen and oxygen atoms in total. The number of anilines is 1. The zero-order valence-corrected chi connectivity index (χ0v) is 15.9. The zero-order chi connectivity index (χ0) is 19.5. The molecule has 1 saturated heterocycles. The maximum absolute atomic E-state index is 12.8. The second kappa shape index (κ2) is 7.86. The number of nitrogens with one attached hydrogen (secondary N) is 1. The third-order valence-corrected chi connectivity index (χ3v) is 5.00. The molecule has 1 aromatic heterocycles. The molecule has 1 fully saturated rings. The van der Waals surface area contributed by atoms with E-state index in [0.29, 0.717) is 24.7 Å². The molecule has 0 unspecified atom stereocenters. The van der Waals surface area contributed by atoms with E-state index in [2.05, 4.69) is 22.1 Å². The van der Waals surface area contributed by atoms with Crippen molar-refractivity contribution in [1.82, 2.24) is 14.9 Å². The number of aromatic nitrogens is 2. The Morgan fingerprint density at radius 3 is 2.39 bits per heavy atom. The van der Waals surface area contributed by atoms with Crippen molar-refractivity contribution in [3.8, 4) is 22.4 Å². The van der Waals surface area contributed by atoms with Crippen LogP contribution in [0.1, 0.15) is 23.7 Å². The summed E-state index contributed by atoms with van der Waals surface area (Å²) in [4.78, 5) is 21.7. The number of imidazole rings is 1. The molecule has 28 heavy (non-hydrogen) atoms. The van der Waals surface area contributed by atoms with Gasteiger partial charge in [0, 0.05) is 25.3 Å². The SMILES string of the molecule is C[C@@H]1CN(C(=O)c2ccc(-c3ccc(-c4cnc(N)[nH]4)cc3)cc2)CCCO1. The van der Waals surface area contributed by atoms with Crippen molar-refractivity contribution in [3.63, 3.8) is 0 Å². The van der Waals surface area contributed by atoms with E-state index in [1.165, 1.54) is 0 Å². The van der Waals surface area contributed by atoms with Gasteiger partial charge < -0.3 is 20.4 Å². The molecule has 0 spiro atoms. The molecular weight excluding hydrogens is 352 g/mol. The molecule has 1 aliphatic heterocycles. The van der Waals surface area contributed by atoms with E-state index >= 15 is 0 Å². The fraction of sp³-hybridized carbons (Fsp3) is 0.273. The van der Waals surface area contributed by atoms with Crippen LogP contribution < -0.4 is 5.73 Å². The number of ether oxygens (including phenoxy) is 1. The van der Waals surface area contributed by atoms with E-state index in [-0.39, 0.29) is 12.0 Å². The van der Waals surface area contributed by atoms with Crippen LogP contribution in [0.2, 0.25) is 0 Å². The summed E-state index contributed by atoms with van der Waals surface area (Å²) in [7, 11) is 0. The summed E-state index contributed by atoms with van der Waals surface area (Å²) in [5, 5.41) is 0. The fourth-order valence-corrected chi connectivity index (χ4v) is 3.49. The number of benzene rings is 2. The van der Waals surface area contributed by atoms with Gasteiger partial charge in [0.05, 0.1) is 18.0 Å². The van der Waals surface area contributed by atoms with Crippen molar-refractivity contribution in [2.24, 2.45) is 0 Å². The molecule has 0 radical (unpaired) electrons. The monoisotopic (exact) mass is 376 g/mol. The largest absolute Gasteiger partial charge is 0.377 e. The molecule has 0 bridgehead atoms. The summed E-state index contributed by atoms with van der Waals surface area (Å²) in [5.41, 5.74) is 10.4. The van der Waals surface area contributed by atoms with Crippen LogP contribution in [0.5, 0.6) is 0 Å². The number of carbonyl (C=O) groups excluding carboxylic acids is 1. The molecule has 0 aliphatic carbocycles. The van der Waals surface area contributed by atoms with Crippen LogP contribution in [-0.4, -0.2) is 46.6 Å². The van der Waals surface area contributed by atoms with Crippen molar-refractivity contribution in [2.45, 2.75) is 19.4 Å². The summed E-state index contributed by atoms with van der Waals surface area (Å²) >= 11 is 0. The summed E-state index contributed by atoms with van der Waals surface area (Å²) in [6, 6.07) is 15.9. The Labute approximate surface area is 164 Å². The lowest BCUT2D eigenvalue weighted by Crippen LogP contribution is -2.35. The molecular formula is C22H24N4O2. The van der Waals surface area contributed by atoms with Crippen molar-refractivity contribution in [1.29, 1.82) is 0 Å². The van der Waals surface area contributed by atoms with E-state index in [9.17, 15) is 4.79 Å². The fourth-order valence-electron chi connectivity index (χ4n) is 3.49. The lowest BCUT2D eigenvalue weighted by atomic mass is 10.0. The van der Waals surface area contributed by atoms with Gasteiger partial charge in [-0.1, -0.05) is 36.4 Å². The minimum atomic E-state index is 0.0658. The highest BCUT2D eigenvalue weighted by Crippen LogP contribution is 2.25. The van der Waals surface area contributed by atoms with E-state index < -0.39 is 0 Å². The molecule has 4 rings (SSSR count). The average Bonchev–Trinajstić information content (AvgIpc) is 3.04. The van der Waals surface area contributed by atoms with Crippen molar-refractivity contribution < 1.29 is 9.53 Å². The van der Waals surface area contributed by atoms with Gasteiger partial charge in [-0.2, -0.15) is 0 Å². The number of aromatic amines is 1. The molecule has 0 saturated carbocycles. The molecule has 3 N–H and O–H groups in total. The third kappa shape index (κ3) is 3.92. The first kappa shape index (κ1) is 18.3. The zero-order valence-electron chi connectivity index (χ0n) is 15.9. The van der Waals surface area contributed by atoms with E-state index in [1.807, 2.05) is 48.2 Å². The smallest absolute Gasteiger partial charge is 0.253 e. The minimum absolute atomic E-state index is 0.0658. The molecule has 3 aromatic rings. The molecule has 144 valence electrons. The summed E-state index contributed by atoms with van der Waals surface area (Å²) in [5.74, 6) is 0.473. The lowest BCUT2D eigenvalue weighted by Gasteiger charge is -2.22. The number of H-pyrrole nitrogens is 1. The van der Waals surface area contributed by atoms with Crippen LogP contribution >= 0.6 is 0 Å². The van der Waals surface area contributed by atoms with Gasteiger partial charge in [-0.15, -0.1) is 0 Å². The molecule has 2 heterocycles. The van der Waals surface area contributed by atoms with Gasteiger partial charge in [0.2, 0.25) is 0 Å². The number of nitrogen functional groups attached to an aromatic ring is 1. The van der Waals surface area contributed by atoms with Gasteiger partial charge in [-0.05, 0) is 42.2 Å². The van der Waals surface area contributed by atoms with Gasteiger partial charge in [0.1, 0.15) is 0 Å². The van der Waals surface area contributed by atoms with Crippen LogP contribution in [0.15, 0.2) is 54.7 Å².